The number of esters is 1. The largest absolute Gasteiger partial charge is 0.489 e. The summed E-state index contributed by atoms with van der Waals surface area (Å²) in [4.78, 5) is 25.5. The molecule has 0 aromatic heterocycles. The molecule has 1 amide bonds. The first-order chi connectivity index (χ1) is 17.9. The molecule has 208 valence electrons. The molecule has 38 heavy (non-hydrogen) atoms. The Morgan fingerprint density at radius 2 is 1.84 bits per heavy atom. The lowest BCUT2D eigenvalue weighted by Crippen LogP contribution is -2.44. The molecule has 0 spiro atoms. The van der Waals surface area contributed by atoms with E-state index in [0.717, 1.165) is 11.1 Å². The molecule has 1 aliphatic heterocycles. The predicted octanol–water partition coefficient (Wildman–Crippen LogP) is 3.93. The molecule has 2 aromatic rings. The Bertz CT molecular complexity index is 1210. The van der Waals surface area contributed by atoms with E-state index in [4.69, 9.17) is 14.2 Å². The summed E-state index contributed by atoms with van der Waals surface area (Å²) in [5.41, 5.74) is 1.16. The summed E-state index contributed by atoms with van der Waals surface area (Å²) in [6, 6.07) is 14.8. The van der Waals surface area contributed by atoms with Gasteiger partial charge in [-0.3, -0.25) is 9.59 Å². The average Bonchev–Trinajstić information content (AvgIpc) is 2.84. The highest BCUT2D eigenvalue weighted by molar-refractivity contribution is 7.88. The first-order valence-electron chi connectivity index (χ1n) is 12.8. The maximum atomic E-state index is 13.0. The molecule has 2 aromatic carbocycles. The lowest BCUT2D eigenvalue weighted by Gasteiger charge is -2.41. The fourth-order valence-electron chi connectivity index (χ4n) is 4.50. The summed E-state index contributed by atoms with van der Waals surface area (Å²) in [6.45, 7) is 6.19. The molecule has 1 atom stereocenters. The van der Waals surface area contributed by atoms with E-state index in [0.29, 0.717) is 30.9 Å². The fraction of sp³-hybridized carbons (Fsp3) is 0.500. The standard InChI is InChI=1S/C28H38N2O7S/c1-6-35-27(32)19-29(4)26(31)13-10-16-30(38(5,33)34)24-18-28(2,3)37-25-15-14-22(17-23(24)25)36-20-21-11-8-7-9-12-21/h7-9,11-12,14-15,17,24H,6,10,13,16,18-20H2,1-5H3. The van der Waals surface area contributed by atoms with Crippen LogP contribution in [0.3, 0.4) is 0 Å². The fourth-order valence-corrected chi connectivity index (χ4v) is 5.61. The van der Waals surface area contributed by atoms with Crippen molar-refractivity contribution in [1.29, 1.82) is 0 Å². The molecule has 0 saturated heterocycles. The monoisotopic (exact) mass is 546 g/mol. The molecular weight excluding hydrogens is 508 g/mol. The van der Waals surface area contributed by atoms with Gasteiger partial charge >= 0.3 is 5.97 Å². The summed E-state index contributed by atoms with van der Waals surface area (Å²) in [5, 5.41) is 0. The van der Waals surface area contributed by atoms with Gasteiger partial charge in [0.15, 0.2) is 0 Å². The third-order valence-corrected chi connectivity index (χ3v) is 7.59. The van der Waals surface area contributed by atoms with Crippen LogP contribution in [0, 0.1) is 0 Å². The minimum absolute atomic E-state index is 0.0988. The second-order valence-corrected chi connectivity index (χ2v) is 12.0. The highest BCUT2D eigenvalue weighted by atomic mass is 32.2. The van der Waals surface area contributed by atoms with Gasteiger partial charge in [-0.25, -0.2) is 8.42 Å². The van der Waals surface area contributed by atoms with Crippen LogP contribution >= 0.6 is 0 Å². The molecule has 1 unspecified atom stereocenters. The van der Waals surface area contributed by atoms with E-state index in [2.05, 4.69) is 0 Å². The molecule has 0 aliphatic carbocycles. The van der Waals surface area contributed by atoms with Crippen LogP contribution in [0.4, 0.5) is 0 Å². The second-order valence-electron chi connectivity index (χ2n) is 10.1. The number of ether oxygens (including phenoxy) is 3. The molecule has 0 fully saturated rings. The van der Waals surface area contributed by atoms with Crippen LogP contribution < -0.4 is 9.47 Å². The van der Waals surface area contributed by atoms with Gasteiger partial charge in [0.05, 0.1) is 18.9 Å². The zero-order chi connectivity index (χ0) is 27.9. The van der Waals surface area contributed by atoms with Gasteiger partial charge in [0.2, 0.25) is 15.9 Å². The number of likely N-dealkylation sites (N-methyl/N-ethyl adjacent to an activating group) is 1. The molecule has 0 saturated carbocycles. The van der Waals surface area contributed by atoms with Crippen LogP contribution in [0.2, 0.25) is 0 Å². The minimum atomic E-state index is -3.63. The molecule has 0 N–H and O–H groups in total. The number of amides is 1. The van der Waals surface area contributed by atoms with E-state index in [1.54, 1.807) is 6.92 Å². The normalized spacial score (nSPS) is 16.3. The third kappa shape index (κ3) is 8.19. The smallest absolute Gasteiger partial charge is 0.325 e. The number of carbonyl (C=O) groups excluding carboxylic acids is 2. The summed E-state index contributed by atoms with van der Waals surface area (Å²) in [5.74, 6) is 0.491. The average molecular weight is 547 g/mol. The van der Waals surface area contributed by atoms with Gasteiger partial charge in [0.25, 0.3) is 0 Å². The van der Waals surface area contributed by atoms with E-state index < -0.39 is 27.6 Å². The second kappa shape index (κ2) is 12.6. The molecular formula is C28H38N2O7S. The third-order valence-electron chi connectivity index (χ3n) is 6.30. The number of rotatable bonds is 12. The first-order valence-corrected chi connectivity index (χ1v) is 14.6. The Morgan fingerprint density at radius 1 is 1.13 bits per heavy atom. The Labute approximate surface area is 225 Å². The van der Waals surface area contributed by atoms with Crippen LogP contribution in [-0.2, 0) is 31.0 Å². The number of sulfonamides is 1. The van der Waals surface area contributed by atoms with Crippen molar-refractivity contribution in [2.45, 2.75) is 58.3 Å². The Balaban J connectivity index is 1.77. The van der Waals surface area contributed by atoms with Crippen LogP contribution in [0.25, 0.3) is 0 Å². The van der Waals surface area contributed by atoms with Crippen molar-refractivity contribution >= 4 is 21.9 Å². The van der Waals surface area contributed by atoms with E-state index >= 15 is 0 Å². The zero-order valence-electron chi connectivity index (χ0n) is 22.8. The van der Waals surface area contributed by atoms with Crippen molar-refractivity contribution in [3.05, 3.63) is 59.7 Å². The maximum Gasteiger partial charge on any atom is 0.325 e. The number of hydrogen-bond acceptors (Lipinski definition) is 7. The number of benzene rings is 2. The van der Waals surface area contributed by atoms with Gasteiger partial charge in [-0.1, -0.05) is 30.3 Å². The summed E-state index contributed by atoms with van der Waals surface area (Å²) < 4.78 is 44.5. The van der Waals surface area contributed by atoms with E-state index in [1.165, 1.54) is 22.5 Å². The van der Waals surface area contributed by atoms with Gasteiger partial charge in [-0.15, -0.1) is 0 Å². The highest BCUT2D eigenvalue weighted by Gasteiger charge is 2.40. The molecule has 1 aliphatic rings. The van der Waals surface area contributed by atoms with Crippen LogP contribution in [-0.4, -0.2) is 68.1 Å². The topological polar surface area (TPSA) is 102 Å². The molecule has 0 radical (unpaired) electrons. The van der Waals surface area contributed by atoms with E-state index in [1.807, 2.05) is 62.4 Å². The van der Waals surface area contributed by atoms with E-state index in [9.17, 15) is 18.0 Å². The van der Waals surface area contributed by atoms with Gasteiger partial charge in [0, 0.05) is 32.0 Å². The quantitative estimate of drug-likeness (QED) is 0.372. The SMILES string of the molecule is CCOC(=O)CN(C)C(=O)CCCN(C1CC(C)(C)Oc2ccc(OCc3ccccc3)cc21)S(C)(=O)=O. The van der Waals surface area contributed by atoms with Gasteiger partial charge in [-0.05, 0) is 51.0 Å². The lowest BCUT2D eigenvalue weighted by molar-refractivity contribution is -0.148. The molecule has 9 nitrogen and oxygen atoms in total. The minimum Gasteiger partial charge on any atom is -0.489 e. The summed E-state index contributed by atoms with van der Waals surface area (Å²) >= 11 is 0. The van der Waals surface area contributed by atoms with Gasteiger partial charge < -0.3 is 19.1 Å². The molecule has 0 bridgehead atoms. The van der Waals surface area contributed by atoms with Crippen LogP contribution in [0.5, 0.6) is 11.5 Å². The van der Waals surface area contributed by atoms with Crippen molar-refractivity contribution in [3.8, 4) is 11.5 Å². The Morgan fingerprint density at radius 3 is 2.50 bits per heavy atom. The van der Waals surface area contributed by atoms with Crippen molar-refractivity contribution in [2.75, 3.05) is 33.0 Å². The number of hydrogen-bond donors (Lipinski definition) is 0. The van der Waals surface area contributed by atoms with Crippen molar-refractivity contribution in [2.24, 2.45) is 0 Å². The van der Waals surface area contributed by atoms with Gasteiger partial charge in [0.1, 0.15) is 30.3 Å². The van der Waals surface area contributed by atoms with E-state index in [-0.39, 0.29) is 32.0 Å². The molecule has 10 heteroatoms. The number of carbonyl (C=O) groups is 2. The highest BCUT2D eigenvalue weighted by Crippen LogP contribution is 2.45. The Kier molecular flexibility index (Phi) is 9.78. The van der Waals surface area contributed by atoms with Crippen LogP contribution in [0.15, 0.2) is 48.5 Å². The summed E-state index contributed by atoms with van der Waals surface area (Å²) in [7, 11) is -2.10. The zero-order valence-corrected chi connectivity index (χ0v) is 23.6. The van der Waals surface area contributed by atoms with Crippen molar-refractivity contribution in [1.82, 2.24) is 9.21 Å². The molecule has 1 heterocycles. The van der Waals surface area contributed by atoms with Crippen molar-refractivity contribution in [3.63, 3.8) is 0 Å². The molecule has 3 rings (SSSR count). The number of nitrogens with zero attached hydrogens (tertiary/aromatic N) is 2. The van der Waals surface area contributed by atoms with Crippen LogP contribution in [0.1, 0.15) is 57.2 Å². The Hall–Kier alpha value is -3.11. The van der Waals surface area contributed by atoms with Gasteiger partial charge in [-0.2, -0.15) is 4.31 Å². The first kappa shape index (κ1) is 29.4. The summed E-state index contributed by atoms with van der Waals surface area (Å²) in [6.07, 6.45) is 2.02. The van der Waals surface area contributed by atoms with Crippen molar-refractivity contribution < 1.29 is 32.2 Å². The number of fused-ring (bicyclic) bond motifs is 1. The maximum absolute atomic E-state index is 13.0. The lowest BCUT2D eigenvalue weighted by atomic mass is 9.89. The predicted molar refractivity (Wildman–Crippen MR) is 144 cm³/mol.